The highest BCUT2D eigenvalue weighted by Gasteiger charge is 2.30. The van der Waals surface area contributed by atoms with Crippen LogP contribution in [-0.4, -0.2) is 9.49 Å². The molecule has 5 nitrogen and oxygen atoms in total. The summed E-state index contributed by atoms with van der Waals surface area (Å²) in [6.07, 6.45) is 3.50. The molecule has 1 aliphatic rings. The maximum Gasteiger partial charge on any atom is 0.294 e. The molecule has 0 radical (unpaired) electrons. The van der Waals surface area contributed by atoms with E-state index in [4.69, 9.17) is 4.99 Å². The van der Waals surface area contributed by atoms with Crippen LogP contribution in [0.25, 0.3) is 22.4 Å². The third-order valence-electron chi connectivity index (χ3n) is 7.32. The van der Waals surface area contributed by atoms with Crippen molar-refractivity contribution in [3.05, 3.63) is 99.2 Å². The number of para-hydroxylation sites is 2. The molecule has 1 saturated carbocycles. The molecular formula is C29H29N3O2S. The van der Waals surface area contributed by atoms with E-state index in [1.54, 1.807) is 29.5 Å². The molecule has 0 bridgehead atoms. The second-order valence-electron chi connectivity index (χ2n) is 9.41. The lowest BCUT2D eigenvalue weighted by Gasteiger charge is -2.36. The Morgan fingerprint density at radius 2 is 1.54 bits per heavy atom. The van der Waals surface area contributed by atoms with Crippen molar-refractivity contribution in [3.63, 3.8) is 0 Å². The van der Waals surface area contributed by atoms with Gasteiger partial charge >= 0.3 is 0 Å². The second kappa shape index (κ2) is 10.0. The minimum absolute atomic E-state index is 0.0336. The van der Waals surface area contributed by atoms with Gasteiger partial charge in [0.15, 0.2) is 4.80 Å². The Morgan fingerprint density at radius 3 is 2.29 bits per heavy atom. The molecule has 0 N–H and O–H groups in total. The highest BCUT2D eigenvalue weighted by atomic mass is 32.1. The fourth-order valence-corrected chi connectivity index (χ4v) is 6.10. The summed E-state index contributed by atoms with van der Waals surface area (Å²) in [5.74, 6) is 1.11. The number of nitro groups is 1. The highest BCUT2D eigenvalue weighted by Crippen LogP contribution is 2.40. The zero-order chi connectivity index (χ0) is 24.4. The summed E-state index contributed by atoms with van der Waals surface area (Å²) in [5.41, 5.74) is 5.06. The average molecular weight is 484 g/mol. The Hall–Kier alpha value is -3.51. The van der Waals surface area contributed by atoms with Crippen LogP contribution in [0.1, 0.15) is 39.2 Å². The number of nitrogens with zero attached hydrogens (tertiary/aromatic N) is 3. The molecule has 1 fully saturated rings. The second-order valence-corrected chi connectivity index (χ2v) is 10.2. The standard InChI is InChI=1S/C29H29N3O2S/c1-20-9-8-14-26(21(20)2)31-28(24-17-15-23(16-18-24)22-10-4-3-5-11-22)19-35-29(31)30-25-12-6-7-13-27(25)32(33)34/h3-7,10-13,15-21,26H,8-9,14H2,1-2H3. The van der Waals surface area contributed by atoms with Gasteiger partial charge in [-0.25, -0.2) is 4.99 Å². The molecule has 0 saturated heterocycles. The summed E-state index contributed by atoms with van der Waals surface area (Å²) in [6, 6.07) is 26.1. The van der Waals surface area contributed by atoms with Crippen molar-refractivity contribution in [2.75, 3.05) is 0 Å². The van der Waals surface area contributed by atoms with Crippen LogP contribution in [-0.2, 0) is 0 Å². The van der Waals surface area contributed by atoms with E-state index in [2.05, 4.69) is 72.3 Å². The largest absolute Gasteiger partial charge is 0.313 e. The quantitative estimate of drug-likeness (QED) is 0.213. The molecule has 35 heavy (non-hydrogen) atoms. The van der Waals surface area contributed by atoms with E-state index >= 15 is 0 Å². The van der Waals surface area contributed by atoms with Crippen molar-refractivity contribution >= 4 is 22.7 Å². The predicted molar refractivity (Wildman–Crippen MR) is 143 cm³/mol. The van der Waals surface area contributed by atoms with Crippen molar-refractivity contribution in [1.82, 2.24) is 4.57 Å². The molecular weight excluding hydrogens is 454 g/mol. The monoisotopic (exact) mass is 483 g/mol. The fraction of sp³-hybridized carbons (Fsp3) is 0.276. The lowest BCUT2D eigenvalue weighted by molar-refractivity contribution is -0.384. The average Bonchev–Trinajstić information content (AvgIpc) is 3.29. The van der Waals surface area contributed by atoms with Crippen molar-refractivity contribution in [1.29, 1.82) is 0 Å². The van der Waals surface area contributed by atoms with Gasteiger partial charge < -0.3 is 4.57 Å². The van der Waals surface area contributed by atoms with Crippen LogP contribution in [0.4, 0.5) is 11.4 Å². The molecule has 3 aromatic carbocycles. The Bertz CT molecular complexity index is 1390. The summed E-state index contributed by atoms with van der Waals surface area (Å²) >= 11 is 1.56. The van der Waals surface area contributed by atoms with Crippen LogP contribution in [0, 0.1) is 22.0 Å². The first-order valence-electron chi connectivity index (χ1n) is 12.2. The number of rotatable bonds is 5. The van der Waals surface area contributed by atoms with E-state index < -0.39 is 0 Å². The number of hydrogen-bond donors (Lipinski definition) is 0. The maximum absolute atomic E-state index is 11.6. The summed E-state index contributed by atoms with van der Waals surface area (Å²) in [6.45, 7) is 4.66. The van der Waals surface area contributed by atoms with Gasteiger partial charge in [-0.05, 0) is 41.0 Å². The lowest BCUT2D eigenvalue weighted by atomic mass is 9.78. The highest BCUT2D eigenvalue weighted by molar-refractivity contribution is 7.07. The molecule has 0 aliphatic heterocycles. The van der Waals surface area contributed by atoms with E-state index in [1.807, 2.05) is 6.07 Å². The smallest absolute Gasteiger partial charge is 0.294 e. The van der Waals surface area contributed by atoms with Gasteiger partial charge in [0.2, 0.25) is 0 Å². The number of aromatic nitrogens is 1. The van der Waals surface area contributed by atoms with Crippen molar-refractivity contribution in [3.8, 4) is 22.4 Å². The van der Waals surface area contributed by atoms with Gasteiger partial charge in [-0.1, -0.05) is 93.4 Å². The molecule has 3 unspecified atom stereocenters. The Balaban J connectivity index is 1.64. The van der Waals surface area contributed by atoms with Gasteiger partial charge in [-0.3, -0.25) is 10.1 Å². The summed E-state index contributed by atoms with van der Waals surface area (Å²) in [7, 11) is 0. The first-order valence-corrected chi connectivity index (χ1v) is 13.0. The van der Waals surface area contributed by atoms with Crippen LogP contribution < -0.4 is 4.80 Å². The fourth-order valence-electron chi connectivity index (χ4n) is 5.13. The van der Waals surface area contributed by atoms with Crippen LogP contribution >= 0.6 is 11.3 Å². The zero-order valence-electron chi connectivity index (χ0n) is 20.0. The van der Waals surface area contributed by atoms with E-state index in [1.165, 1.54) is 30.0 Å². The van der Waals surface area contributed by atoms with E-state index in [0.717, 1.165) is 22.5 Å². The van der Waals surface area contributed by atoms with Gasteiger partial charge in [-0.2, -0.15) is 0 Å². The first-order chi connectivity index (χ1) is 17.0. The van der Waals surface area contributed by atoms with Crippen LogP contribution in [0.2, 0.25) is 0 Å². The van der Waals surface area contributed by atoms with Crippen molar-refractivity contribution < 1.29 is 4.92 Å². The maximum atomic E-state index is 11.6. The Morgan fingerprint density at radius 1 is 0.886 bits per heavy atom. The summed E-state index contributed by atoms with van der Waals surface area (Å²) in [5, 5.41) is 13.8. The van der Waals surface area contributed by atoms with Crippen LogP contribution in [0.15, 0.2) is 89.2 Å². The number of benzene rings is 3. The Kier molecular flexibility index (Phi) is 6.64. The first kappa shape index (κ1) is 23.2. The Labute approximate surface area is 209 Å². The minimum atomic E-state index is -0.356. The third kappa shape index (κ3) is 4.71. The third-order valence-corrected chi connectivity index (χ3v) is 8.16. The minimum Gasteiger partial charge on any atom is -0.313 e. The molecule has 1 aliphatic carbocycles. The van der Waals surface area contributed by atoms with Gasteiger partial charge in [0.1, 0.15) is 5.69 Å². The molecule has 0 amide bonds. The van der Waals surface area contributed by atoms with Gasteiger partial charge in [0, 0.05) is 17.5 Å². The van der Waals surface area contributed by atoms with Crippen molar-refractivity contribution in [2.24, 2.45) is 16.8 Å². The molecule has 1 aromatic heterocycles. The normalized spacial score (nSPS) is 20.6. The molecule has 0 spiro atoms. The molecule has 3 atom stereocenters. The van der Waals surface area contributed by atoms with E-state index in [9.17, 15) is 10.1 Å². The van der Waals surface area contributed by atoms with E-state index in [0.29, 0.717) is 23.6 Å². The zero-order valence-corrected chi connectivity index (χ0v) is 20.8. The van der Waals surface area contributed by atoms with E-state index in [-0.39, 0.29) is 10.6 Å². The molecule has 178 valence electrons. The van der Waals surface area contributed by atoms with Gasteiger partial charge in [-0.15, -0.1) is 11.3 Å². The SMILES string of the molecule is CC1CCCC(n2c(-c3ccc(-c4ccccc4)cc3)csc2=Nc2ccccc2[N+](=O)[O-])C1C. The molecule has 1 heterocycles. The van der Waals surface area contributed by atoms with Crippen LogP contribution in [0.5, 0.6) is 0 Å². The topological polar surface area (TPSA) is 60.4 Å². The van der Waals surface area contributed by atoms with Crippen molar-refractivity contribution in [2.45, 2.75) is 39.2 Å². The number of nitro benzene ring substituents is 1. The lowest BCUT2D eigenvalue weighted by Crippen LogP contribution is -2.32. The summed E-state index contributed by atoms with van der Waals surface area (Å²) < 4.78 is 2.35. The molecule has 6 heteroatoms. The van der Waals surface area contributed by atoms with Crippen LogP contribution in [0.3, 0.4) is 0 Å². The van der Waals surface area contributed by atoms with Gasteiger partial charge in [0.25, 0.3) is 5.69 Å². The summed E-state index contributed by atoms with van der Waals surface area (Å²) in [4.78, 5) is 16.9. The number of thiazole rings is 1. The van der Waals surface area contributed by atoms with Gasteiger partial charge in [0.05, 0.1) is 10.6 Å². The number of hydrogen-bond acceptors (Lipinski definition) is 4. The predicted octanol–water partition coefficient (Wildman–Crippen LogP) is 8.02. The molecule has 4 aromatic rings. The molecule has 5 rings (SSSR count).